The van der Waals surface area contributed by atoms with E-state index in [1.807, 2.05) is 37.3 Å². The summed E-state index contributed by atoms with van der Waals surface area (Å²) in [6.07, 6.45) is 11.2. The van der Waals surface area contributed by atoms with E-state index in [-0.39, 0.29) is 11.5 Å². The number of hydrogen-bond donors (Lipinski definition) is 0. The third kappa shape index (κ3) is 5.58. The highest BCUT2D eigenvalue weighted by Gasteiger charge is 2.28. The number of rotatable bonds is 10. The average molecular weight is 521 g/mol. The van der Waals surface area contributed by atoms with Crippen LogP contribution in [0, 0.1) is 11.3 Å². The maximum atomic E-state index is 14.2. The number of pyridine rings is 1. The predicted octanol–water partition coefficient (Wildman–Crippen LogP) is 5.56. The average Bonchev–Trinajstić information content (AvgIpc) is 2.94. The minimum absolute atomic E-state index is 0.124. The van der Waals surface area contributed by atoms with E-state index in [1.165, 1.54) is 0 Å². The van der Waals surface area contributed by atoms with Gasteiger partial charge in [-0.25, -0.2) is 19.5 Å². The largest absolute Gasteiger partial charge is 0.491 e. The zero-order valence-corrected chi connectivity index (χ0v) is 22.4. The zero-order valence-electron chi connectivity index (χ0n) is 22.4. The van der Waals surface area contributed by atoms with E-state index >= 15 is 0 Å². The summed E-state index contributed by atoms with van der Waals surface area (Å²) in [7, 11) is 0. The van der Waals surface area contributed by atoms with E-state index in [0.29, 0.717) is 35.9 Å². The lowest BCUT2D eigenvalue weighted by Gasteiger charge is -2.28. The highest BCUT2D eigenvalue weighted by molar-refractivity contribution is 5.67. The first kappa shape index (κ1) is 26.2. The van der Waals surface area contributed by atoms with E-state index in [9.17, 15) is 10.1 Å². The Bertz CT molecular complexity index is 1530. The van der Waals surface area contributed by atoms with Gasteiger partial charge in [0, 0.05) is 29.7 Å². The summed E-state index contributed by atoms with van der Waals surface area (Å²) in [5, 5.41) is 9.47. The fraction of sp³-hybridized carbons (Fsp3) is 0.355. The van der Waals surface area contributed by atoms with Crippen molar-refractivity contribution in [3.05, 3.63) is 93.6 Å². The standard InChI is InChI=1S/C31H32N6O2/c1-3-5-13-28-26(16-21-14-15-27(33-18-21)25-12-7-6-9-23(25)17-32)30(38)37(29(36-28)22-10-8-11-22)31-34-19-24(20-35-31)39-4-2/h6-7,9,12,14-15,18-20,22H,3-5,8,10-11,13,16H2,1-2H3. The minimum Gasteiger partial charge on any atom is -0.491 e. The van der Waals surface area contributed by atoms with Crippen molar-refractivity contribution >= 4 is 0 Å². The smallest absolute Gasteiger partial charge is 0.264 e. The molecule has 0 aliphatic heterocycles. The van der Waals surface area contributed by atoms with Crippen LogP contribution in [-0.4, -0.2) is 31.1 Å². The van der Waals surface area contributed by atoms with E-state index in [1.54, 1.807) is 29.2 Å². The van der Waals surface area contributed by atoms with Crippen molar-refractivity contribution in [1.82, 2.24) is 24.5 Å². The normalized spacial score (nSPS) is 13.1. The third-order valence-electron chi connectivity index (χ3n) is 7.18. The molecule has 0 saturated heterocycles. The first-order chi connectivity index (χ1) is 19.1. The first-order valence-electron chi connectivity index (χ1n) is 13.7. The molecule has 8 nitrogen and oxygen atoms in total. The number of nitrogens with zero attached hydrogens (tertiary/aromatic N) is 6. The highest BCUT2D eigenvalue weighted by Crippen LogP contribution is 2.36. The van der Waals surface area contributed by atoms with Gasteiger partial charge in [-0.2, -0.15) is 5.26 Å². The molecule has 3 aromatic heterocycles. The highest BCUT2D eigenvalue weighted by atomic mass is 16.5. The summed E-state index contributed by atoms with van der Waals surface area (Å²) < 4.78 is 7.11. The second-order valence-corrected chi connectivity index (χ2v) is 9.80. The predicted molar refractivity (Wildman–Crippen MR) is 149 cm³/mol. The van der Waals surface area contributed by atoms with Crippen LogP contribution in [0.25, 0.3) is 17.2 Å². The molecule has 1 saturated carbocycles. The van der Waals surface area contributed by atoms with Crippen LogP contribution in [-0.2, 0) is 12.8 Å². The summed E-state index contributed by atoms with van der Waals surface area (Å²) >= 11 is 0. The second-order valence-electron chi connectivity index (χ2n) is 9.80. The molecular weight excluding hydrogens is 488 g/mol. The maximum absolute atomic E-state index is 14.2. The Morgan fingerprint density at radius 3 is 2.49 bits per heavy atom. The molecule has 198 valence electrons. The van der Waals surface area contributed by atoms with Gasteiger partial charge in [-0.1, -0.05) is 44.0 Å². The van der Waals surface area contributed by atoms with Crippen molar-refractivity contribution in [3.63, 3.8) is 0 Å². The molecule has 0 spiro atoms. The van der Waals surface area contributed by atoms with Crippen LogP contribution in [0.15, 0.2) is 59.8 Å². The molecule has 0 N–H and O–H groups in total. The molecule has 0 unspecified atom stereocenters. The lowest BCUT2D eigenvalue weighted by molar-refractivity contribution is 0.337. The molecule has 1 aromatic carbocycles. The SMILES string of the molecule is CCCCc1nc(C2CCC2)n(-c2ncc(OCC)cn2)c(=O)c1Cc1ccc(-c2ccccc2C#N)nc1. The van der Waals surface area contributed by atoms with Gasteiger partial charge in [0.1, 0.15) is 5.82 Å². The van der Waals surface area contributed by atoms with Gasteiger partial charge in [-0.15, -0.1) is 0 Å². The third-order valence-corrected chi connectivity index (χ3v) is 7.18. The first-order valence-corrected chi connectivity index (χ1v) is 13.7. The molecule has 0 bridgehead atoms. The number of aromatic nitrogens is 5. The second kappa shape index (κ2) is 12.0. The quantitative estimate of drug-likeness (QED) is 0.270. The van der Waals surface area contributed by atoms with Crippen LogP contribution in [0.3, 0.4) is 0 Å². The molecule has 0 radical (unpaired) electrons. The van der Waals surface area contributed by atoms with Gasteiger partial charge in [0.25, 0.3) is 5.56 Å². The van der Waals surface area contributed by atoms with Gasteiger partial charge in [-0.3, -0.25) is 9.78 Å². The van der Waals surface area contributed by atoms with Crippen LogP contribution >= 0.6 is 0 Å². The van der Waals surface area contributed by atoms with Gasteiger partial charge in [-0.05, 0) is 50.3 Å². The molecule has 39 heavy (non-hydrogen) atoms. The summed E-state index contributed by atoms with van der Waals surface area (Å²) in [5.74, 6) is 1.87. The van der Waals surface area contributed by atoms with E-state index < -0.39 is 0 Å². The Balaban J connectivity index is 1.56. The summed E-state index contributed by atoms with van der Waals surface area (Å²) in [6.45, 7) is 4.56. The van der Waals surface area contributed by atoms with E-state index in [4.69, 9.17) is 9.72 Å². The van der Waals surface area contributed by atoms with Crippen LogP contribution in [0.1, 0.15) is 80.1 Å². The van der Waals surface area contributed by atoms with Crippen molar-refractivity contribution in [3.8, 4) is 29.0 Å². The van der Waals surface area contributed by atoms with Crippen LogP contribution in [0.5, 0.6) is 5.75 Å². The zero-order chi connectivity index (χ0) is 27.2. The molecule has 1 fully saturated rings. The number of benzene rings is 1. The van der Waals surface area contributed by atoms with Crippen LogP contribution < -0.4 is 10.3 Å². The van der Waals surface area contributed by atoms with Gasteiger partial charge in [0.15, 0.2) is 5.75 Å². The Morgan fingerprint density at radius 1 is 1.05 bits per heavy atom. The fourth-order valence-electron chi connectivity index (χ4n) is 4.84. The van der Waals surface area contributed by atoms with Crippen LogP contribution in [0.2, 0.25) is 0 Å². The van der Waals surface area contributed by atoms with Crippen molar-refractivity contribution < 1.29 is 4.74 Å². The Labute approximate surface area is 228 Å². The van der Waals surface area contributed by atoms with E-state index in [0.717, 1.165) is 66.9 Å². The number of hydrogen-bond acceptors (Lipinski definition) is 7. The summed E-state index contributed by atoms with van der Waals surface area (Å²) in [4.78, 5) is 32.9. The van der Waals surface area contributed by atoms with Crippen molar-refractivity contribution in [2.24, 2.45) is 0 Å². The van der Waals surface area contributed by atoms with Crippen LogP contribution in [0.4, 0.5) is 0 Å². The van der Waals surface area contributed by atoms with Crippen molar-refractivity contribution in [1.29, 1.82) is 5.26 Å². The number of unbranched alkanes of at least 4 members (excludes halogenated alkanes) is 1. The molecule has 1 aliphatic carbocycles. The monoisotopic (exact) mass is 520 g/mol. The van der Waals surface area contributed by atoms with Gasteiger partial charge in [0.05, 0.1) is 42.0 Å². The summed E-state index contributed by atoms with van der Waals surface area (Å²) in [5.41, 5.74) is 4.37. The number of ether oxygens (including phenoxy) is 1. The molecule has 3 heterocycles. The molecule has 4 aromatic rings. The maximum Gasteiger partial charge on any atom is 0.264 e. The lowest BCUT2D eigenvalue weighted by atomic mass is 9.84. The van der Waals surface area contributed by atoms with Crippen molar-refractivity contribution in [2.45, 2.75) is 64.7 Å². The number of nitriles is 1. The Hall–Kier alpha value is -4.38. The molecular formula is C31H32N6O2. The van der Waals surface area contributed by atoms with Gasteiger partial charge in [0.2, 0.25) is 5.95 Å². The Morgan fingerprint density at radius 2 is 1.85 bits per heavy atom. The topological polar surface area (TPSA) is 107 Å². The Kier molecular flexibility index (Phi) is 8.07. The van der Waals surface area contributed by atoms with Gasteiger partial charge >= 0.3 is 0 Å². The molecule has 8 heteroatoms. The molecule has 5 rings (SSSR count). The number of aryl methyl sites for hydroxylation is 1. The molecule has 1 aliphatic rings. The van der Waals surface area contributed by atoms with Gasteiger partial charge < -0.3 is 4.74 Å². The minimum atomic E-state index is -0.124. The lowest BCUT2D eigenvalue weighted by Crippen LogP contribution is -2.33. The molecule has 0 amide bonds. The summed E-state index contributed by atoms with van der Waals surface area (Å²) in [6, 6.07) is 13.5. The van der Waals surface area contributed by atoms with E-state index in [2.05, 4.69) is 27.9 Å². The fourth-order valence-corrected chi connectivity index (χ4v) is 4.84. The van der Waals surface area contributed by atoms with Crippen molar-refractivity contribution in [2.75, 3.05) is 6.61 Å². The molecule has 0 atom stereocenters.